The van der Waals surface area contributed by atoms with E-state index in [4.69, 9.17) is 27.9 Å². The number of hydrogen-bond acceptors (Lipinski definition) is 4. The zero-order chi connectivity index (χ0) is 20.1. The maximum Gasteiger partial charge on any atom is 1.00 e. The fraction of sp³-hybridized carbons (Fsp3) is 0.0500. The second kappa shape index (κ2) is 10.3. The van der Waals surface area contributed by atoms with Crippen molar-refractivity contribution in [1.29, 1.82) is 0 Å². The van der Waals surface area contributed by atoms with E-state index in [1.54, 1.807) is 30.6 Å². The van der Waals surface area contributed by atoms with Gasteiger partial charge in [0.25, 0.3) is 5.91 Å². The summed E-state index contributed by atoms with van der Waals surface area (Å²) in [7, 11) is 0. The van der Waals surface area contributed by atoms with Gasteiger partial charge in [0.2, 0.25) is 0 Å². The first-order chi connectivity index (χ1) is 13.4. The van der Waals surface area contributed by atoms with Gasteiger partial charge in [-0.05, 0) is 54.1 Å². The number of hydrogen-bond donors (Lipinski definition) is 2. The summed E-state index contributed by atoms with van der Waals surface area (Å²) in [6.45, 7) is 0.258. The van der Waals surface area contributed by atoms with Gasteiger partial charge in [0.15, 0.2) is 0 Å². The van der Waals surface area contributed by atoms with Gasteiger partial charge >= 0.3 is 24.8 Å². The van der Waals surface area contributed by atoms with Crippen LogP contribution >= 0.6 is 23.2 Å². The number of carbonyl (C=O) groups is 2. The number of nitrogens with zero attached hydrogens (tertiary/aromatic N) is 1. The molecule has 29 heavy (non-hydrogen) atoms. The third-order valence-corrected chi connectivity index (χ3v) is 4.35. The van der Waals surface area contributed by atoms with E-state index in [9.17, 15) is 14.7 Å². The Morgan fingerprint density at radius 1 is 1.03 bits per heavy atom. The van der Waals surface area contributed by atoms with Crippen molar-refractivity contribution >= 4 is 40.8 Å². The molecule has 2 N–H and O–H groups in total. The van der Waals surface area contributed by atoms with Crippen LogP contribution in [0.1, 0.15) is 27.7 Å². The molecule has 9 heteroatoms. The molecule has 0 unspecified atom stereocenters. The summed E-state index contributed by atoms with van der Waals surface area (Å²) >= 11 is 11.9. The molecule has 0 spiro atoms. The first-order valence-corrected chi connectivity index (χ1v) is 8.85. The van der Waals surface area contributed by atoms with Gasteiger partial charge in [-0.1, -0.05) is 23.2 Å². The Morgan fingerprint density at radius 3 is 2.41 bits per heavy atom. The van der Waals surface area contributed by atoms with Gasteiger partial charge in [-0.15, -0.1) is 0 Å². The number of carboxylic acids is 1. The molecule has 0 bridgehead atoms. The average Bonchev–Trinajstić information content (AvgIpc) is 2.67. The molecule has 0 aliphatic rings. The van der Waals surface area contributed by atoms with Crippen molar-refractivity contribution in [3.63, 3.8) is 0 Å². The zero-order valence-corrected chi connectivity index (χ0v) is 16.9. The van der Waals surface area contributed by atoms with Gasteiger partial charge < -0.3 is 16.6 Å². The van der Waals surface area contributed by atoms with Crippen LogP contribution in [0.3, 0.4) is 0 Å². The van der Waals surface area contributed by atoms with Crippen molar-refractivity contribution in [2.75, 3.05) is 5.32 Å². The van der Waals surface area contributed by atoms with Crippen LogP contribution in [0, 0.1) is 0 Å². The Balaban J connectivity index is 0.00000225. The van der Waals surface area contributed by atoms with Crippen molar-refractivity contribution in [1.82, 2.24) is 4.98 Å². The molecule has 0 aliphatic heterocycles. The second-order valence-electron chi connectivity index (χ2n) is 5.73. The molecule has 0 saturated carbocycles. The molecule has 3 rings (SSSR count). The predicted octanol–water partition coefficient (Wildman–Crippen LogP) is 2.03. The van der Waals surface area contributed by atoms with E-state index in [1.807, 2.05) is 0 Å². The first kappa shape index (κ1) is 22.8. The van der Waals surface area contributed by atoms with Crippen LogP contribution in [0.25, 0.3) is 0 Å². The maximum atomic E-state index is 12.4. The van der Waals surface area contributed by atoms with Gasteiger partial charge in [-0.25, -0.2) is 4.79 Å². The smallest absolute Gasteiger partial charge is 1.00 e. The second-order valence-corrected chi connectivity index (χ2v) is 6.58. The number of aromatic carboxylic acids is 1. The number of nitrogens with one attached hydrogen (secondary N) is 1. The summed E-state index contributed by atoms with van der Waals surface area (Å²) in [6, 6.07) is 12.4. The minimum atomic E-state index is -1.20. The molecular formula is C20H15Cl2LiN2O4. The van der Waals surface area contributed by atoms with Crippen molar-refractivity contribution in [3.05, 3.63) is 87.7 Å². The summed E-state index contributed by atoms with van der Waals surface area (Å²) in [5.74, 6) is -1.39. The number of halogens is 2. The third kappa shape index (κ3) is 5.99. The van der Waals surface area contributed by atoms with Gasteiger partial charge in [-0.2, -0.15) is 0 Å². The summed E-state index contributed by atoms with van der Waals surface area (Å²) in [5.41, 5.74) is 1.09. The quantitative estimate of drug-likeness (QED) is 0.591. The summed E-state index contributed by atoms with van der Waals surface area (Å²) < 4.78 is 5.62. The zero-order valence-electron chi connectivity index (χ0n) is 16.4. The van der Waals surface area contributed by atoms with Crippen LogP contribution in [0.15, 0.2) is 60.9 Å². The van der Waals surface area contributed by atoms with Crippen LogP contribution < -0.4 is 28.9 Å². The van der Waals surface area contributed by atoms with Crippen molar-refractivity contribution in [2.24, 2.45) is 0 Å². The van der Waals surface area contributed by atoms with Crippen molar-refractivity contribution in [3.8, 4) is 5.75 Å². The van der Waals surface area contributed by atoms with E-state index < -0.39 is 11.9 Å². The molecule has 144 valence electrons. The van der Waals surface area contributed by atoms with E-state index in [1.165, 1.54) is 30.3 Å². The molecule has 1 aromatic heterocycles. The fourth-order valence-corrected chi connectivity index (χ4v) is 2.90. The minimum absolute atomic E-state index is 0. The number of ether oxygens (including phenoxy) is 1. The molecular weight excluding hydrogens is 410 g/mol. The molecule has 2 aromatic carbocycles. The molecule has 0 atom stereocenters. The number of aromatic nitrogens is 1. The van der Waals surface area contributed by atoms with Gasteiger partial charge in [0.1, 0.15) is 12.4 Å². The Bertz CT molecular complexity index is 1040. The molecule has 0 saturated heterocycles. The summed E-state index contributed by atoms with van der Waals surface area (Å²) in [6.07, 6.45) is 3.28. The first-order valence-electron chi connectivity index (χ1n) is 8.09. The van der Waals surface area contributed by atoms with Gasteiger partial charge in [0.05, 0.1) is 21.8 Å². The molecule has 1 amide bonds. The van der Waals surface area contributed by atoms with Crippen LogP contribution in [0.4, 0.5) is 5.69 Å². The number of carboxylic acid groups (broad SMARTS) is 1. The Labute approximate surface area is 190 Å². The number of benzene rings is 2. The van der Waals surface area contributed by atoms with E-state index in [2.05, 4.69) is 10.3 Å². The topological polar surface area (TPSA) is 88.5 Å². The summed E-state index contributed by atoms with van der Waals surface area (Å²) in [4.78, 5) is 28.0. The SMILES string of the molecule is O=C(Nc1ccc(OCc2ccncc2)cc1C(=O)O)c1ccc(Cl)cc1Cl.[H-].[Li+]. The number of rotatable bonds is 6. The monoisotopic (exact) mass is 424 g/mol. The number of carbonyl (C=O) groups excluding carboxylic acids is 1. The number of amides is 1. The summed E-state index contributed by atoms with van der Waals surface area (Å²) in [5, 5.41) is 12.6. The Morgan fingerprint density at radius 2 is 1.76 bits per heavy atom. The van der Waals surface area contributed by atoms with Crippen LogP contribution in [-0.4, -0.2) is 22.0 Å². The molecule has 0 fully saturated rings. The van der Waals surface area contributed by atoms with Gasteiger partial charge in [-0.3, -0.25) is 9.78 Å². The predicted molar refractivity (Wildman–Crippen MR) is 107 cm³/mol. The minimum Gasteiger partial charge on any atom is -1.00 e. The van der Waals surface area contributed by atoms with Gasteiger partial charge in [0, 0.05) is 17.4 Å². The Hall–Kier alpha value is -2.49. The Kier molecular flexibility index (Phi) is 8.12. The van der Waals surface area contributed by atoms with Crippen LogP contribution in [0.5, 0.6) is 5.75 Å². The number of pyridine rings is 1. The average molecular weight is 425 g/mol. The van der Waals surface area contributed by atoms with Crippen LogP contribution in [0.2, 0.25) is 10.0 Å². The molecule has 0 aliphatic carbocycles. The fourth-order valence-electron chi connectivity index (χ4n) is 2.41. The molecule has 6 nitrogen and oxygen atoms in total. The van der Waals surface area contributed by atoms with E-state index in [-0.39, 0.29) is 48.7 Å². The largest absolute Gasteiger partial charge is 1.00 e. The van der Waals surface area contributed by atoms with E-state index >= 15 is 0 Å². The van der Waals surface area contributed by atoms with E-state index in [0.717, 1.165) is 5.56 Å². The van der Waals surface area contributed by atoms with Crippen molar-refractivity contribution in [2.45, 2.75) is 6.61 Å². The van der Waals surface area contributed by atoms with Crippen molar-refractivity contribution < 1.29 is 39.7 Å². The molecule has 3 aromatic rings. The molecule has 0 radical (unpaired) electrons. The molecule has 1 heterocycles. The normalized spacial score (nSPS) is 10.0. The standard InChI is InChI=1S/C20H14Cl2N2O4.Li.H/c21-13-1-3-15(17(22)9-13)19(25)24-18-4-2-14(10-16(18)20(26)27)28-11-12-5-7-23-8-6-12;;/h1-10H,11H2,(H,24,25)(H,26,27);;/q;+1;-1. The number of anilines is 1. The third-order valence-electron chi connectivity index (χ3n) is 3.80. The van der Waals surface area contributed by atoms with Crippen LogP contribution in [-0.2, 0) is 6.61 Å². The maximum absolute atomic E-state index is 12.4. The van der Waals surface area contributed by atoms with E-state index in [0.29, 0.717) is 10.8 Å².